The maximum Gasteiger partial charge on any atom is 0.281 e. The number of halogens is 1. The summed E-state index contributed by atoms with van der Waals surface area (Å²) < 4.78 is 10.1. The van der Waals surface area contributed by atoms with E-state index in [1.807, 2.05) is 39.1 Å². The van der Waals surface area contributed by atoms with Gasteiger partial charge in [-0.15, -0.1) is 0 Å². The Bertz CT molecular complexity index is 1630. The summed E-state index contributed by atoms with van der Waals surface area (Å²) in [5.74, 6) is 2.17. The van der Waals surface area contributed by atoms with Crippen LogP contribution in [0.1, 0.15) is 65.0 Å². The number of carbonyl (C=O) groups excluding carboxylic acids is 1. The van der Waals surface area contributed by atoms with E-state index in [1.165, 1.54) is 11.9 Å². The maximum atomic E-state index is 13.6. The molecule has 5 rings (SSSR count). The van der Waals surface area contributed by atoms with Gasteiger partial charge in [-0.2, -0.15) is 0 Å². The molecular weight excluding hydrogens is 550 g/mol. The minimum Gasteiger partial charge on any atom is -0.446 e. The highest BCUT2D eigenvalue weighted by Gasteiger charge is 2.27. The van der Waals surface area contributed by atoms with Crippen LogP contribution in [0.4, 0.5) is 11.6 Å². The minimum atomic E-state index is -0.350. The predicted octanol–water partition coefficient (Wildman–Crippen LogP) is 5.15. The second-order valence-corrected chi connectivity index (χ2v) is 11.1. The fraction of sp³-hybridized carbons (Fsp3) is 0.393. The molecule has 4 aromatic rings. The van der Waals surface area contributed by atoms with Crippen molar-refractivity contribution in [1.82, 2.24) is 24.2 Å². The van der Waals surface area contributed by atoms with Crippen LogP contribution in [0.25, 0.3) is 10.9 Å². The summed E-state index contributed by atoms with van der Waals surface area (Å²) in [5, 5.41) is 4.18. The molecule has 0 aliphatic carbocycles. The van der Waals surface area contributed by atoms with Crippen molar-refractivity contribution in [1.29, 1.82) is 0 Å². The highest BCUT2D eigenvalue weighted by atomic mass is 35.5. The first-order chi connectivity index (χ1) is 19.2. The van der Waals surface area contributed by atoms with E-state index in [9.17, 15) is 9.59 Å². The Balaban J connectivity index is 1.49. The highest BCUT2D eigenvalue weighted by Crippen LogP contribution is 2.32. The van der Waals surface area contributed by atoms with Gasteiger partial charge in [0.15, 0.2) is 11.6 Å². The van der Waals surface area contributed by atoms with Crippen molar-refractivity contribution in [2.45, 2.75) is 45.6 Å². The molecule has 2 N–H and O–H groups in total. The summed E-state index contributed by atoms with van der Waals surface area (Å²) in [6.45, 7) is 7.28. The van der Waals surface area contributed by atoms with E-state index in [0.717, 1.165) is 42.8 Å². The molecule has 0 saturated carbocycles. The molecule has 3 aromatic heterocycles. The van der Waals surface area contributed by atoms with Crippen molar-refractivity contribution in [3.05, 3.63) is 74.4 Å². The lowest BCUT2D eigenvalue weighted by atomic mass is 9.95. The lowest BCUT2D eigenvalue weighted by Gasteiger charge is -2.33. The lowest BCUT2D eigenvalue weighted by molar-refractivity contribution is 0.0980. The summed E-state index contributed by atoms with van der Waals surface area (Å²) >= 11 is 7.28. The van der Waals surface area contributed by atoms with Crippen LogP contribution in [-0.2, 0) is 7.05 Å². The second-order valence-electron chi connectivity index (χ2n) is 10.1. The molecule has 1 aliphatic heterocycles. The fourth-order valence-electron chi connectivity index (χ4n) is 5.26. The number of pyridine rings is 1. The molecule has 0 spiro atoms. The summed E-state index contributed by atoms with van der Waals surface area (Å²) in [6.07, 6.45) is 5.34. The Morgan fingerprint density at radius 1 is 1.20 bits per heavy atom. The summed E-state index contributed by atoms with van der Waals surface area (Å²) in [5.41, 5.74) is 3.06. The van der Waals surface area contributed by atoms with Gasteiger partial charge in [-0.25, -0.2) is 15.0 Å². The van der Waals surface area contributed by atoms with E-state index < -0.39 is 0 Å². The van der Waals surface area contributed by atoms with Crippen LogP contribution in [0.3, 0.4) is 0 Å². The van der Waals surface area contributed by atoms with Crippen LogP contribution >= 0.6 is 23.5 Å². The van der Waals surface area contributed by atoms with Crippen molar-refractivity contribution in [3.63, 3.8) is 0 Å². The number of aromatic nitrogens is 4. The Labute approximate surface area is 241 Å². The molecule has 1 amide bonds. The predicted molar refractivity (Wildman–Crippen MR) is 159 cm³/mol. The van der Waals surface area contributed by atoms with Crippen LogP contribution < -0.4 is 20.5 Å². The van der Waals surface area contributed by atoms with Crippen LogP contribution in [0.15, 0.2) is 39.7 Å². The van der Waals surface area contributed by atoms with Gasteiger partial charge in [0.2, 0.25) is 5.95 Å². The smallest absolute Gasteiger partial charge is 0.281 e. The number of benzene rings is 1. The number of oxazole rings is 1. The molecule has 210 valence electrons. The first kappa shape index (κ1) is 28.0. The van der Waals surface area contributed by atoms with Gasteiger partial charge in [0.1, 0.15) is 10.9 Å². The molecule has 10 nitrogen and oxygen atoms in total. The van der Waals surface area contributed by atoms with Crippen LogP contribution in [0.5, 0.6) is 0 Å². The molecular formula is C28H32ClN7O3S. The fourth-order valence-corrected chi connectivity index (χ4v) is 5.69. The van der Waals surface area contributed by atoms with E-state index in [4.69, 9.17) is 21.0 Å². The monoisotopic (exact) mass is 581 g/mol. The van der Waals surface area contributed by atoms with E-state index >= 15 is 0 Å². The van der Waals surface area contributed by atoms with Crippen molar-refractivity contribution < 1.29 is 9.21 Å². The van der Waals surface area contributed by atoms with Crippen LogP contribution in [0, 0.1) is 13.8 Å². The Kier molecular flexibility index (Phi) is 8.04. The molecule has 12 heteroatoms. The number of aryl methyl sites for hydroxylation is 2. The zero-order valence-electron chi connectivity index (χ0n) is 23.1. The average Bonchev–Trinajstić information content (AvgIpc) is 3.38. The molecule has 1 aliphatic rings. The zero-order chi connectivity index (χ0) is 28.6. The average molecular weight is 582 g/mol. The first-order valence-electron chi connectivity index (χ1n) is 13.1. The third-order valence-corrected chi connectivity index (χ3v) is 7.86. The molecule has 40 heavy (non-hydrogen) atoms. The van der Waals surface area contributed by atoms with Crippen molar-refractivity contribution in [2.75, 3.05) is 29.6 Å². The third-order valence-electron chi connectivity index (χ3n) is 7.26. The van der Waals surface area contributed by atoms with Gasteiger partial charge in [-0.05, 0) is 50.5 Å². The van der Waals surface area contributed by atoms with Gasteiger partial charge >= 0.3 is 0 Å². The van der Waals surface area contributed by atoms with Crippen molar-refractivity contribution >= 4 is 52.0 Å². The third kappa shape index (κ3) is 5.53. The number of piperidine rings is 1. The van der Waals surface area contributed by atoms with Crippen molar-refractivity contribution in [2.24, 2.45) is 7.05 Å². The second kappa shape index (κ2) is 11.5. The van der Waals surface area contributed by atoms with Crippen molar-refractivity contribution in [3.8, 4) is 0 Å². The molecule has 0 radical (unpaired) electrons. The number of fused-ring (bicyclic) bond motifs is 1. The Hall–Kier alpha value is -3.57. The molecule has 1 fully saturated rings. The normalized spacial score (nSPS) is 14.9. The topological polar surface area (TPSA) is 118 Å². The number of hydrogen-bond acceptors (Lipinski definition) is 9. The Morgan fingerprint density at radius 3 is 2.62 bits per heavy atom. The van der Waals surface area contributed by atoms with E-state index in [2.05, 4.69) is 24.9 Å². The summed E-state index contributed by atoms with van der Waals surface area (Å²) in [7, 11) is 1.77. The van der Waals surface area contributed by atoms with E-state index in [0.29, 0.717) is 34.3 Å². The van der Waals surface area contributed by atoms with Gasteiger partial charge in [0, 0.05) is 44.8 Å². The number of carbonyl (C=O) groups is 1. The number of rotatable bonds is 7. The first-order valence-corrected chi connectivity index (χ1v) is 14.7. The quantitative estimate of drug-likeness (QED) is 0.225. The molecule has 1 atom stereocenters. The van der Waals surface area contributed by atoms with E-state index in [-0.39, 0.29) is 28.4 Å². The number of nitrogens with zero attached hydrogens (tertiary/aromatic N) is 5. The highest BCUT2D eigenvalue weighted by molar-refractivity contribution is 7.97. The molecule has 0 bridgehead atoms. The van der Waals surface area contributed by atoms with Gasteiger partial charge in [-0.1, -0.05) is 29.6 Å². The maximum absolute atomic E-state index is 13.6. The molecule has 1 aromatic carbocycles. The largest absolute Gasteiger partial charge is 0.446 e. The number of hydrogen-bond donors (Lipinski definition) is 2. The molecule has 4 heterocycles. The standard InChI is InChI=1S/C28H32ClN7O3S/c1-15-12-19(16(2)31-21-6-7-23(29)32-25(21)26(37)34-40-5)24-20(13-15)27(38)35(4)28(33-24)36-10-8-18(9-11-36)22-14-30-17(3)39-22/h6-7,12-14,16,18,31H,8-11H2,1-5H3,(H,34,37). The van der Waals surface area contributed by atoms with Crippen LogP contribution in [-0.4, -0.2) is 44.8 Å². The lowest BCUT2D eigenvalue weighted by Crippen LogP contribution is -2.37. The van der Waals surface area contributed by atoms with Gasteiger partial charge in [0.05, 0.1) is 28.8 Å². The van der Waals surface area contributed by atoms with Gasteiger partial charge < -0.3 is 14.6 Å². The van der Waals surface area contributed by atoms with Crippen LogP contribution in [0.2, 0.25) is 5.15 Å². The Morgan fingerprint density at radius 2 is 1.95 bits per heavy atom. The van der Waals surface area contributed by atoms with E-state index in [1.54, 1.807) is 30.0 Å². The number of anilines is 2. The summed E-state index contributed by atoms with van der Waals surface area (Å²) in [6, 6.07) is 6.98. The van der Waals surface area contributed by atoms with Gasteiger partial charge in [-0.3, -0.25) is 18.9 Å². The minimum absolute atomic E-state index is 0.0988. The number of nitrogens with one attached hydrogen (secondary N) is 2. The number of amides is 1. The van der Waals surface area contributed by atoms with Gasteiger partial charge in [0.25, 0.3) is 11.5 Å². The SMILES string of the molecule is CSNC(=O)c1nc(Cl)ccc1NC(C)c1cc(C)cc2c(=O)n(C)c(N3CCC(c4cnc(C)o4)CC3)nc12. The zero-order valence-corrected chi connectivity index (χ0v) is 24.7. The summed E-state index contributed by atoms with van der Waals surface area (Å²) in [4.78, 5) is 42.0. The molecule has 1 saturated heterocycles. The molecule has 1 unspecified atom stereocenters.